The van der Waals surface area contributed by atoms with Crippen molar-refractivity contribution in [3.8, 4) is 0 Å². The summed E-state index contributed by atoms with van der Waals surface area (Å²) in [7, 11) is 0. The van der Waals surface area contributed by atoms with Crippen molar-refractivity contribution in [2.24, 2.45) is 5.41 Å². The number of nitrogens with one attached hydrogen (secondary N) is 1. The molecule has 3 N–H and O–H groups in total. The third-order valence-electron chi connectivity index (χ3n) is 2.61. The van der Waals surface area contributed by atoms with Gasteiger partial charge in [0.1, 0.15) is 0 Å². The molecule has 0 radical (unpaired) electrons. The van der Waals surface area contributed by atoms with Gasteiger partial charge in [0.2, 0.25) is 5.91 Å². The monoisotopic (exact) mass is 231 g/mol. The summed E-state index contributed by atoms with van der Waals surface area (Å²) < 4.78 is 0. The van der Waals surface area contributed by atoms with Crippen LogP contribution in [0, 0.1) is 5.41 Å². The van der Waals surface area contributed by atoms with Gasteiger partial charge in [0, 0.05) is 25.7 Å². The van der Waals surface area contributed by atoms with E-state index >= 15 is 0 Å². The van der Waals surface area contributed by atoms with E-state index in [1.807, 2.05) is 20.8 Å². The Morgan fingerprint density at radius 1 is 1.19 bits per heavy atom. The summed E-state index contributed by atoms with van der Waals surface area (Å²) >= 11 is 0. The molecule has 0 saturated heterocycles. The van der Waals surface area contributed by atoms with Crippen LogP contribution in [0.1, 0.15) is 46.5 Å². The van der Waals surface area contributed by atoms with E-state index in [1.54, 1.807) is 0 Å². The third-order valence-corrected chi connectivity index (χ3v) is 2.61. The summed E-state index contributed by atoms with van der Waals surface area (Å²) in [4.78, 5) is 11.6. The van der Waals surface area contributed by atoms with Gasteiger partial charge in [-0.25, -0.2) is 0 Å². The van der Waals surface area contributed by atoms with Gasteiger partial charge >= 0.3 is 0 Å². The third kappa shape index (κ3) is 6.80. The maximum absolute atomic E-state index is 11.6. The Kier molecular flexibility index (Phi) is 7.34. The zero-order valence-corrected chi connectivity index (χ0v) is 10.6. The van der Waals surface area contributed by atoms with Crippen molar-refractivity contribution in [2.75, 3.05) is 13.2 Å². The maximum atomic E-state index is 11.6. The van der Waals surface area contributed by atoms with Gasteiger partial charge in [0.05, 0.1) is 0 Å². The molecule has 16 heavy (non-hydrogen) atoms. The molecule has 0 aliphatic rings. The number of carbonyl (C=O) groups is 1. The van der Waals surface area contributed by atoms with Crippen molar-refractivity contribution in [1.82, 2.24) is 5.32 Å². The van der Waals surface area contributed by atoms with Crippen molar-refractivity contribution in [1.29, 1.82) is 0 Å². The number of hydrogen-bond acceptors (Lipinski definition) is 3. The smallest absolute Gasteiger partial charge is 0.220 e. The first-order valence-corrected chi connectivity index (χ1v) is 5.93. The molecule has 0 aromatic carbocycles. The molecule has 0 aromatic heterocycles. The Hall–Kier alpha value is -0.610. The molecule has 96 valence electrons. The van der Waals surface area contributed by atoms with E-state index in [0.29, 0.717) is 25.7 Å². The highest BCUT2D eigenvalue weighted by Crippen LogP contribution is 2.21. The van der Waals surface area contributed by atoms with E-state index in [-0.39, 0.29) is 30.6 Å². The van der Waals surface area contributed by atoms with Crippen LogP contribution in [0.2, 0.25) is 0 Å². The summed E-state index contributed by atoms with van der Waals surface area (Å²) in [6, 6.07) is -0.000809. The topological polar surface area (TPSA) is 69.6 Å². The van der Waals surface area contributed by atoms with Gasteiger partial charge in [-0.15, -0.1) is 0 Å². The van der Waals surface area contributed by atoms with Crippen LogP contribution in [0.3, 0.4) is 0 Å². The summed E-state index contributed by atoms with van der Waals surface area (Å²) in [6.45, 7) is 6.34. The minimum absolute atomic E-state index is 0.000809. The molecular formula is C12H25NO3. The van der Waals surface area contributed by atoms with Crippen LogP contribution >= 0.6 is 0 Å². The van der Waals surface area contributed by atoms with Crippen molar-refractivity contribution in [3.63, 3.8) is 0 Å². The van der Waals surface area contributed by atoms with Crippen molar-refractivity contribution >= 4 is 5.91 Å². The Morgan fingerprint density at radius 3 is 2.25 bits per heavy atom. The van der Waals surface area contributed by atoms with E-state index in [1.165, 1.54) is 0 Å². The summed E-state index contributed by atoms with van der Waals surface area (Å²) in [5.41, 5.74) is -0.0463. The number of aliphatic hydroxyl groups is 2. The second-order valence-electron chi connectivity index (χ2n) is 5.18. The predicted molar refractivity (Wildman–Crippen MR) is 64.0 cm³/mol. The van der Waals surface area contributed by atoms with Gasteiger partial charge in [-0.3, -0.25) is 4.79 Å². The Morgan fingerprint density at radius 2 is 1.81 bits per heavy atom. The molecule has 0 heterocycles. The average Bonchev–Trinajstić information content (AvgIpc) is 2.16. The maximum Gasteiger partial charge on any atom is 0.220 e. The molecule has 1 atom stereocenters. The second-order valence-corrected chi connectivity index (χ2v) is 5.18. The fourth-order valence-electron chi connectivity index (χ4n) is 1.51. The first-order chi connectivity index (χ1) is 7.41. The lowest BCUT2D eigenvalue weighted by Gasteiger charge is -2.31. The molecule has 0 bridgehead atoms. The number of unbranched alkanes of at least 4 members (excludes halogenated alkanes) is 1. The van der Waals surface area contributed by atoms with Crippen molar-refractivity contribution in [3.05, 3.63) is 0 Å². The summed E-state index contributed by atoms with van der Waals surface area (Å²) in [6.07, 6.45) is 2.39. The standard InChI is InChI=1S/C12H25NO3/c1-12(2,3)10(7-9-15)13-11(16)6-4-5-8-14/h10,14-15H,4-9H2,1-3H3,(H,13,16). The van der Waals surface area contributed by atoms with E-state index in [2.05, 4.69) is 5.32 Å². The molecule has 0 saturated carbocycles. The van der Waals surface area contributed by atoms with Gasteiger partial charge in [-0.2, -0.15) is 0 Å². The van der Waals surface area contributed by atoms with Crippen LogP contribution < -0.4 is 5.32 Å². The van der Waals surface area contributed by atoms with Crippen molar-refractivity contribution < 1.29 is 15.0 Å². The van der Waals surface area contributed by atoms with E-state index in [9.17, 15) is 4.79 Å². The number of hydrogen-bond donors (Lipinski definition) is 3. The van der Waals surface area contributed by atoms with Gasteiger partial charge in [0.25, 0.3) is 0 Å². The van der Waals surface area contributed by atoms with Crippen molar-refractivity contribution in [2.45, 2.75) is 52.5 Å². The normalized spacial score (nSPS) is 13.6. The molecule has 0 spiro atoms. The van der Waals surface area contributed by atoms with Crippen LogP contribution in [-0.4, -0.2) is 35.4 Å². The highest BCUT2D eigenvalue weighted by Gasteiger charge is 2.25. The molecule has 4 heteroatoms. The number of aliphatic hydroxyl groups excluding tert-OH is 2. The molecular weight excluding hydrogens is 206 g/mol. The van der Waals surface area contributed by atoms with Crippen LogP contribution in [0.5, 0.6) is 0 Å². The van der Waals surface area contributed by atoms with Gasteiger partial charge < -0.3 is 15.5 Å². The van der Waals surface area contributed by atoms with Crippen LogP contribution in [0.25, 0.3) is 0 Å². The zero-order valence-electron chi connectivity index (χ0n) is 10.6. The molecule has 1 amide bonds. The minimum Gasteiger partial charge on any atom is -0.396 e. The van der Waals surface area contributed by atoms with Gasteiger partial charge in [-0.05, 0) is 24.7 Å². The highest BCUT2D eigenvalue weighted by molar-refractivity contribution is 5.76. The fraction of sp³-hybridized carbons (Fsp3) is 0.917. The Balaban J connectivity index is 4.04. The molecule has 0 aromatic rings. The molecule has 1 unspecified atom stereocenters. The summed E-state index contributed by atoms with van der Waals surface area (Å²) in [5.74, 6) is 0.00169. The highest BCUT2D eigenvalue weighted by atomic mass is 16.3. The lowest BCUT2D eigenvalue weighted by Crippen LogP contribution is -2.44. The fourth-order valence-corrected chi connectivity index (χ4v) is 1.51. The quantitative estimate of drug-likeness (QED) is 0.574. The van der Waals surface area contributed by atoms with E-state index < -0.39 is 0 Å². The lowest BCUT2D eigenvalue weighted by atomic mass is 9.85. The Bertz CT molecular complexity index is 199. The largest absolute Gasteiger partial charge is 0.396 e. The first-order valence-electron chi connectivity index (χ1n) is 5.93. The molecule has 4 nitrogen and oxygen atoms in total. The average molecular weight is 231 g/mol. The minimum atomic E-state index is -0.0463. The van der Waals surface area contributed by atoms with Crippen LogP contribution in [0.4, 0.5) is 0 Å². The number of amides is 1. The number of rotatable bonds is 7. The zero-order chi connectivity index (χ0) is 12.6. The molecule has 0 aliphatic heterocycles. The lowest BCUT2D eigenvalue weighted by molar-refractivity contribution is -0.122. The summed E-state index contributed by atoms with van der Waals surface area (Å²) in [5, 5.41) is 20.5. The van der Waals surface area contributed by atoms with Gasteiger partial charge in [0.15, 0.2) is 0 Å². The first kappa shape index (κ1) is 15.4. The van der Waals surface area contributed by atoms with E-state index in [4.69, 9.17) is 10.2 Å². The number of carbonyl (C=O) groups excluding carboxylic acids is 1. The molecule has 0 aliphatic carbocycles. The Labute approximate surface area is 98.1 Å². The SMILES string of the molecule is CC(C)(C)C(CCO)NC(=O)CCCCO. The van der Waals surface area contributed by atoms with Crippen LogP contribution in [0.15, 0.2) is 0 Å². The molecule has 0 fully saturated rings. The van der Waals surface area contributed by atoms with Gasteiger partial charge in [-0.1, -0.05) is 20.8 Å². The van der Waals surface area contributed by atoms with E-state index in [0.717, 1.165) is 0 Å². The predicted octanol–water partition coefficient (Wildman–Crippen LogP) is 1.06. The molecule has 0 rings (SSSR count). The second kappa shape index (κ2) is 7.63. The van der Waals surface area contributed by atoms with Crippen LogP contribution in [-0.2, 0) is 4.79 Å².